The summed E-state index contributed by atoms with van der Waals surface area (Å²) in [6.07, 6.45) is 9.70. The zero-order chi connectivity index (χ0) is 14.0. The molecule has 3 atom stereocenters. The monoisotopic (exact) mass is 353 g/mol. The van der Waals surface area contributed by atoms with Gasteiger partial charge >= 0.3 is 0 Å². The normalized spacial score (nSPS) is 44.0. The molecule has 1 aromatic rings. The molecule has 2 N–H and O–H groups in total. The summed E-state index contributed by atoms with van der Waals surface area (Å²) in [6.45, 7) is 2.53. The van der Waals surface area contributed by atoms with Crippen LogP contribution in [0.1, 0.15) is 50.3 Å². The molecule has 5 rings (SSSR count). The number of nitrogens with two attached hydrogens (primary N) is 1. The van der Waals surface area contributed by atoms with Gasteiger partial charge in [0.1, 0.15) is 0 Å². The molecule has 4 aliphatic rings. The molecule has 1 aromatic heterocycles. The third-order valence-corrected chi connectivity index (χ3v) is 8.23. The van der Waals surface area contributed by atoms with Crippen molar-refractivity contribution in [3.63, 3.8) is 0 Å². The average Bonchev–Trinajstić information content (AvgIpc) is 2.71. The van der Waals surface area contributed by atoms with Crippen molar-refractivity contribution in [3.8, 4) is 0 Å². The first-order valence-corrected chi connectivity index (χ1v) is 9.63. The van der Waals surface area contributed by atoms with E-state index in [1.54, 1.807) is 0 Å². The number of hydrogen-bond donors (Lipinski definition) is 1. The van der Waals surface area contributed by atoms with Crippen LogP contribution in [0.3, 0.4) is 0 Å². The maximum Gasteiger partial charge on any atom is 0.0314 e. The maximum absolute atomic E-state index is 6.78. The van der Waals surface area contributed by atoms with Crippen molar-refractivity contribution in [3.05, 3.63) is 20.8 Å². The Bertz CT molecular complexity index is 509. The second-order valence-electron chi connectivity index (χ2n) is 8.14. The Balaban J connectivity index is 1.59. The van der Waals surface area contributed by atoms with Gasteiger partial charge < -0.3 is 5.73 Å². The highest BCUT2D eigenvalue weighted by Gasteiger charge is 2.57. The Kier molecular flexibility index (Phi) is 3.15. The first-order valence-electron chi connectivity index (χ1n) is 7.96. The Morgan fingerprint density at radius 1 is 1.35 bits per heavy atom. The number of rotatable bonds is 3. The highest BCUT2D eigenvalue weighted by molar-refractivity contribution is 9.10. The van der Waals surface area contributed by atoms with Gasteiger partial charge in [0, 0.05) is 15.4 Å². The number of thiophene rings is 1. The predicted molar refractivity (Wildman–Crippen MR) is 88.9 cm³/mol. The van der Waals surface area contributed by atoms with E-state index in [1.807, 2.05) is 11.3 Å². The van der Waals surface area contributed by atoms with Crippen LogP contribution in [-0.2, 0) is 6.42 Å². The van der Waals surface area contributed by atoms with Gasteiger partial charge in [0.05, 0.1) is 0 Å². The van der Waals surface area contributed by atoms with E-state index in [2.05, 4.69) is 34.3 Å². The van der Waals surface area contributed by atoms with E-state index in [0.29, 0.717) is 16.9 Å². The third kappa shape index (κ3) is 2.12. The van der Waals surface area contributed by atoms with Gasteiger partial charge in [0.2, 0.25) is 0 Å². The molecule has 4 fully saturated rings. The summed E-state index contributed by atoms with van der Waals surface area (Å²) < 4.78 is 1.26. The lowest BCUT2D eigenvalue weighted by molar-refractivity contribution is -0.112. The van der Waals surface area contributed by atoms with E-state index >= 15 is 0 Å². The SMILES string of the molecule is CC12CC3CC(C1)CC(C(N)Cc1sccc1Br)(C3)C2. The van der Waals surface area contributed by atoms with Crippen LogP contribution in [0.15, 0.2) is 15.9 Å². The van der Waals surface area contributed by atoms with E-state index in [4.69, 9.17) is 5.73 Å². The minimum Gasteiger partial charge on any atom is -0.327 e. The van der Waals surface area contributed by atoms with Gasteiger partial charge in [-0.05, 0) is 95.0 Å². The van der Waals surface area contributed by atoms with Gasteiger partial charge in [0.25, 0.3) is 0 Å². The first kappa shape index (κ1) is 13.8. The molecule has 0 amide bonds. The molecule has 4 saturated carbocycles. The van der Waals surface area contributed by atoms with Crippen molar-refractivity contribution in [1.29, 1.82) is 0 Å². The van der Waals surface area contributed by atoms with Crippen LogP contribution in [0.2, 0.25) is 0 Å². The van der Waals surface area contributed by atoms with Gasteiger partial charge in [-0.1, -0.05) is 6.92 Å². The molecule has 20 heavy (non-hydrogen) atoms. The predicted octanol–water partition coefficient (Wildman–Crippen LogP) is 4.99. The van der Waals surface area contributed by atoms with E-state index in [0.717, 1.165) is 18.3 Å². The molecule has 0 saturated heterocycles. The van der Waals surface area contributed by atoms with Crippen LogP contribution in [-0.4, -0.2) is 6.04 Å². The Labute approximate surface area is 134 Å². The molecular formula is C17H24BrNS. The van der Waals surface area contributed by atoms with Crippen LogP contribution in [0.4, 0.5) is 0 Å². The standard InChI is InChI=1S/C17H24BrNS/c1-16-6-11-4-12(7-16)9-17(8-11,10-16)15(19)5-14-13(18)2-3-20-14/h2-3,11-12,15H,4-10,19H2,1H3. The van der Waals surface area contributed by atoms with Gasteiger partial charge in [-0.3, -0.25) is 0 Å². The van der Waals surface area contributed by atoms with Gasteiger partial charge in [-0.25, -0.2) is 0 Å². The summed E-state index contributed by atoms with van der Waals surface area (Å²) in [5, 5.41) is 2.17. The summed E-state index contributed by atoms with van der Waals surface area (Å²) in [6, 6.07) is 2.51. The number of hydrogen-bond acceptors (Lipinski definition) is 2. The van der Waals surface area contributed by atoms with Gasteiger partial charge in [-0.2, -0.15) is 0 Å². The average molecular weight is 354 g/mol. The molecular weight excluding hydrogens is 330 g/mol. The summed E-state index contributed by atoms with van der Waals surface area (Å²) in [7, 11) is 0. The van der Waals surface area contributed by atoms with Crippen LogP contribution in [0, 0.1) is 22.7 Å². The zero-order valence-electron chi connectivity index (χ0n) is 12.2. The second kappa shape index (κ2) is 4.57. The highest BCUT2D eigenvalue weighted by atomic mass is 79.9. The van der Waals surface area contributed by atoms with Gasteiger partial charge in [-0.15, -0.1) is 11.3 Å². The maximum atomic E-state index is 6.78. The molecule has 4 aliphatic carbocycles. The molecule has 1 heterocycles. The summed E-state index contributed by atoms with van der Waals surface area (Å²) in [4.78, 5) is 1.44. The largest absolute Gasteiger partial charge is 0.327 e. The zero-order valence-corrected chi connectivity index (χ0v) is 14.6. The van der Waals surface area contributed by atoms with Crippen molar-refractivity contribution in [2.45, 2.75) is 57.9 Å². The lowest BCUT2D eigenvalue weighted by Crippen LogP contribution is -2.58. The fourth-order valence-corrected chi connectivity index (χ4v) is 7.69. The first-order chi connectivity index (χ1) is 9.48. The molecule has 1 nitrogen and oxygen atoms in total. The molecule has 3 heteroatoms. The van der Waals surface area contributed by atoms with Crippen molar-refractivity contribution < 1.29 is 0 Å². The van der Waals surface area contributed by atoms with E-state index in [1.165, 1.54) is 47.9 Å². The van der Waals surface area contributed by atoms with Gasteiger partial charge in [0.15, 0.2) is 0 Å². The summed E-state index contributed by atoms with van der Waals surface area (Å²) >= 11 is 5.52. The third-order valence-electron chi connectivity index (χ3n) is 6.28. The molecule has 0 aromatic carbocycles. The second-order valence-corrected chi connectivity index (χ2v) is 9.99. The Morgan fingerprint density at radius 2 is 2.05 bits per heavy atom. The summed E-state index contributed by atoms with van der Waals surface area (Å²) in [5.74, 6) is 1.94. The molecule has 0 spiro atoms. The Morgan fingerprint density at radius 3 is 2.60 bits per heavy atom. The molecule has 3 unspecified atom stereocenters. The molecule has 0 aliphatic heterocycles. The minimum atomic E-state index is 0.350. The van der Waals surface area contributed by atoms with E-state index in [-0.39, 0.29) is 0 Å². The van der Waals surface area contributed by atoms with Crippen LogP contribution in [0.5, 0.6) is 0 Å². The molecule has 4 bridgehead atoms. The minimum absolute atomic E-state index is 0.350. The Hall–Kier alpha value is 0.140. The van der Waals surface area contributed by atoms with Crippen LogP contribution < -0.4 is 5.73 Å². The topological polar surface area (TPSA) is 26.0 Å². The quantitative estimate of drug-likeness (QED) is 0.813. The molecule has 110 valence electrons. The lowest BCUT2D eigenvalue weighted by atomic mass is 9.43. The van der Waals surface area contributed by atoms with E-state index in [9.17, 15) is 0 Å². The highest BCUT2D eigenvalue weighted by Crippen LogP contribution is 2.66. The smallest absolute Gasteiger partial charge is 0.0314 e. The van der Waals surface area contributed by atoms with Crippen molar-refractivity contribution in [2.24, 2.45) is 28.4 Å². The fraction of sp³-hybridized carbons (Fsp3) is 0.765. The van der Waals surface area contributed by atoms with Crippen LogP contribution >= 0.6 is 27.3 Å². The van der Waals surface area contributed by atoms with Crippen LogP contribution in [0.25, 0.3) is 0 Å². The molecule has 0 radical (unpaired) electrons. The van der Waals surface area contributed by atoms with Crippen molar-refractivity contribution in [1.82, 2.24) is 0 Å². The number of halogens is 1. The summed E-state index contributed by atoms with van der Waals surface area (Å²) in [5.41, 5.74) is 7.83. The lowest BCUT2D eigenvalue weighted by Gasteiger charge is -2.63. The van der Waals surface area contributed by atoms with E-state index < -0.39 is 0 Å². The van der Waals surface area contributed by atoms with Crippen molar-refractivity contribution in [2.75, 3.05) is 0 Å². The fourth-order valence-electron chi connectivity index (χ4n) is 6.12. The van der Waals surface area contributed by atoms with Crippen molar-refractivity contribution >= 4 is 27.3 Å².